The number of hydrogen-bond acceptors (Lipinski definition) is 7. The molecule has 3 heterocycles. The number of aryl methyl sites for hydroxylation is 1. The molecule has 0 aliphatic carbocycles. The van der Waals surface area contributed by atoms with E-state index in [1.807, 2.05) is 12.3 Å². The normalized spacial score (nSPS) is 14.4. The van der Waals surface area contributed by atoms with Gasteiger partial charge in [-0.2, -0.15) is 0 Å². The minimum Gasteiger partial charge on any atom is -0.483 e. The molecule has 192 valence electrons. The Morgan fingerprint density at radius 3 is 2.61 bits per heavy atom. The lowest BCUT2D eigenvalue weighted by Crippen LogP contribution is -2.34. The molecule has 1 aliphatic heterocycles. The van der Waals surface area contributed by atoms with Gasteiger partial charge in [-0.1, -0.05) is 63.9 Å². The molecular formula is C27H34BrN5O2S. The lowest BCUT2D eigenvalue weighted by Gasteiger charge is -2.31. The first-order valence-electron chi connectivity index (χ1n) is 12.1. The fourth-order valence-electron chi connectivity index (χ4n) is 4.13. The number of pyridine rings is 1. The van der Waals surface area contributed by atoms with Crippen molar-refractivity contribution in [1.82, 2.24) is 15.0 Å². The number of fused-ring (bicyclic) bond motifs is 6. The summed E-state index contributed by atoms with van der Waals surface area (Å²) < 4.78 is 4.21. The number of anilines is 2. The number of nitrogens with zero attached hydrogens (tertiary/aromatic N) is 4. The van der Waals surface area contributed by atoms with Gasteiger partial charge in [0.25, 0.3) is 6.47 Å². The van der Waals surface area contributed by atoms with Crippen LogP contribution >= 0.6 is 27.9 Å². The van der Waals surface area contributed by atoms with Gasteiger partial charge in [0, 0.05) is 36.8 Å². The molecule has 0 saturated carbocycles. The minimum atomic E-state index is -0.250. The second-order valence-electron chi connectivity index (χ2n) is 9.84. The molecule has 9 heteroatoms. The molecule has 0 saturated heterocycles. The summed E-state index contributed by atoms with van der Waals surface area (Å²) in [7, 11) is 0. The topological polar surface area (TPSA) is 91.2 Å². The number of aromatic nitrogens is 3. The van der Waals surface area contributed by atoms with E-state index in [9.17, 15) is 0 Å². The van der Waals surface area contributed by atoms with Gasteiger partial charge in [-0.05, 0) is 58.3 Å². The van der Waals surface area contributed by atoms with E-state index in [0.29, 0.717) is 5.95 Å². The zero-order valence-electron chi connectivity index (χ0n) is 21.1. The van der Waals surface area contributed by atoms with Crippen LogP contribution in [-0.2, 0) is 11.2 Å². The lowest BCUT2D eigenvalue weighted by molar-refractivity contribution is -0.122. The van der Waals surface area contributed by atoms with Crippen molar-refractivity contribution in [3.05, 3.63) is 58.7 Å². The molecule has 7 nitrogen and oxygen atoms in total. The molecule has 0 atom stereocenters. The third-order valence-corrected chi connectivity index (χ3v) is 6.89. The maximum atomic E-state index is 8.36. The number of hydrogen-bond donors (Lipinski definition) is 2. The van der Waals surface area contributed by atoms with Crippen LogP contribution in [0.5, 0.6) is 0 Å². The van der Waals surface area contributed by atoms with E-state index in [4.69, 9.17) is 19.9 Å². The summed E-state index contributed by atoms with van der Waals surface area (Å²) >= 11 is 5.11. The van der Waals surface area contributed by atoms with E-state index in [1.165, 1.54) is 48.8 Å². The van der Waals surface area contributed by atoms with Crippen molar-refractivity contribution in [2.24, 2.45) is 5.41 Å². The number of carbonyl (C=O) groups is 1. The molecule has 1 aromatic carbocycles. The molecule has 2 N–H and O–H groups in total. The summed E-state index contributed by atoms with van der Waals surface area (Å²) in [5, 5.41) is 7.80. The Bertz CT molecular complexity index is 1140. The SMILES string of the molecule is CC(C)(C)CN1CCCCCCc2ccccc2-c2nc(ncc2Br)NSc2cccc1n2.O=CO. The largest absolute Gasteiger partial charge is 0.483 e. The standard InChI is InChI=1S/C26H32BrN5S.CH2O2/c1-26(2,3)18-32-16-9-5-4-6-11-19-12-7-8-13-20(19)24-21(27)17-28-25(30-24)31-33-23-15-10-14-22(32)29-23;2-1-3/h7-8,10,12-15,17H,4-6,9,11,16,18H2,1-3H3,(H,28,30,31);1H,(H,2,3). The van der Waals surface area contributed by atoms with Crippen LogP contribution < -0.4 is 9.62 Å². The molecule has 4 rings (SSSR count). The molecule has 2 aromatic heterocycles. The highest BCUT2D eigenvalue weighted by Crippen LogP contribution is 2.32. The van der Waals surface area contributed by atoms with Crippen LogP contribution in [0.25, 0.3) is 11.3 Å². The van der Waals surface area contributed by atoms with E-state index in [1.54, 1.807) is 0 Å². The minimum absolute atomic E-state index is 0.202. The molecule has 0 amide bonds. The van der Waals surface area contributed by atoms with Crippen LogP contribution in [-0.4, -0.2) is 39.6 Å². The smallest absolute Gasteiger partial charge is 0.290 e. The summed E-state index contributed by atoms with van der Waals surface area (Å²) in [6.07, 6.45) is 7.67. The van der Waals surface area contributed by atoms with Crippen LogP contribution in [0.1, 0.15) is 52.0 Å². The van der Waals surface area contributed by atoms with Gasteiger partial charge in [0.15, 0.2) is 0 Å². The molecular weight excluding hydrogens is 538 g/mol. The Morgan fingerprint density at radius 1 is 1.08 bits per heavy atom. The first-order valence-corrected chi connectivity index (χ1v) is 13.8. The summed E-state index contributed by atoms with van der Waals surface area (Å²) in [5.41, 5.74) is 3.63. The Labute approximate surface area is 226 Å². The summed E-state index contributed by atoms with van der Waals surface area (Å²) in [5.74, 6) is 1.61. The predicted molar refractivity (Wildman–Crippen MR) is 151 cm³/mol. The highest BCUT2D eigenvalue weighted by Gasteiger charge is 2.18. The highest BCUT2D eigenvalue weighted by atomic mass is 79.9. The monoisotopic (exact) mass is 571 g/mol. The molecule has 0 spiro atoms. The molecule has 0 fully saturated rings. The third kappa shape index (κ3) is 8.48. The van der Waals surface area contributed by atoms with Crippen LogP contribution in [0.15, 0.2) is 58.2 Å². The molecule has 0 unspecified atom stereocenters. The van der Waals surface area contributed by atoms with Crippen molar-refractivity contribution in [2.45, 2.75) is 57.9 Å². The van der Waals surface area contributed by atoms with Crippen molar-refractivity contribution in [1.29, 1.82) is 0 Å². The van der Waals surface area contributed by atoms with Crippen LogP contribution in [0.4, 0.5) is 11.8 Å². The number of halogens is 1. The zero-order chi connectivity index (χ0) is 26.0. The maximum Gasteiger partial charge on any atom is 0.290 e. The molecule has 0 radical (unpaired) electrons. The fourth-order valence-corrected chi connectivity index (χ4v) is 5.11. The second-order valence-corrected chi connectivity index (χ2v) is 11.5. The third-order valence-electron chi connectivity index (χ3n) is 5.59. The maximum absolute atomic E-state index is 8.36. The van der Waals surface area contributed by atoms with Crippen molar-refractivity contribution >= 4 is 46.1 Å². The predicted octanol–water partition coefficient (Wildman–Crippen LogP) is 7.09. The Kier molecular flexibility index (Phi) is 10.6. The average molecular weight is 573 g/mol. The van der Waals surface area contributed by atoms with E-state index < -0.39 is 0 Å². The average Bonchev–Trinajstić information content (AvgIpc) is 2.85. The van der Waals surface area contributed by atoms with Crippen LogP contribution in [0, 0.1) is 5.41 Å². The van der Waals surface area contributed by atoms with Gasteiger partial charge in [-0.15, -0.1) is 0 Å². The van der Waals surface area contributed by atoms with Gasteiger partial charge in [0.05, 0.1) is 10.2 Å². The highest BCUT2D eigenvalue weighted by molar-refractivity contribution is 9.10. The lowest BCUT2D eigenvalue weighted by atomic mass is 9.95. The molecule has 4 bridgehead atoms. The summed E-state index contributed by atoms with van der Waals surface area (Å²) in [4.78, 5) is 25.1. The molecule has 3 aromatic rings. The number of rotatable bonds is 1. The first kappa shape index (κ1) is 27.9. The van der Waals surface area contributed by atoms with E-state index >= 15 is 0 Å². The van der Waals surface area contributed by atoms with Crippen LogP contribution in [0.2, 0.25) is 0 Å². The Balaban J connectivity index is 0.00000115. The summed E-state index contributed by atoms with van der Waals surface area (Å²) in [6.45, 7) is 8.62. The van der Waals surface area contributed by atoms with Gasteiger partial charge >= 0.3 is 0 Å². The zero-order valence-corrected chi connectivity index (χ0v) is 23.5. The number of carboxylic acid groups (broad SMARTS) is 1. The second kappa shape index (κ2) is 13.6. The van der Waals surface area contributed by atoms with E-state index in [0.717, 1.165) is 40.5 Å². The van der Waals surface area contributed by atoms with Crippen molar-refractivity contribution < 1.29 is 9.90 Å². The number of benzene rings is 1. The fraction of sp³-hybridized carbons (Fsp3) is 0.407. The number of nitrogens with one attached hydrogen (secondary N) is 1. The van der Waals surface area contributed by atoms with Crippen molar-refractivity contribution in [3.8, 4) is 11.3 Å². The molecule has 36 heavy (non-hydrogen) atoms. The van der Waals surface area contributed by atoms with Crippen LogP contribution in [0.3, 0.4) is 0 Å². The van der Waals surface area contributed by atoms with Gasteiger partial charge < -0.3 is 10.0 Å². The van der Waals surface area contributed by atoms with Gasteiger partial charge in [0.2, 0.25) is 5.95 Å². The van der Waals surface area contributed by atoms with E-state index in [2.05, 4.69) is 87.7 Å². The summed E-state index contributed by atoms with van der Waals surface area (Å²) in [6, 6.07) is 14.8. The first-order chi connectivity index (χ1) is 17.3. The Morgan fingerprint density at radius 2 is 1.83 bits per heavy atom. The Hall–Kier alpha value is -2.65. The van der Waals surface area contributed by atoms with Gasteiger partial charge in [-0.3, -0.25) is 9.52 Å². The van der Waals surface area contributed by atoms with Gasteiger partial charge in [-0.25, -0.2) is 15.0 Å². The van der Waals surface area contributed by atoms with Gasteiger partial charge in [0.1, 0.15) is 10.8 Å². The quantitative estimate of drug-likeness (QED) is 0.236. The molecule has 1 aliphatic rings. The van der Waals surface area contributed by atoms with Crippen molar-refractivity contribution in [3.63, 3.8) is 0 Å². The van der Waals surface area contributed by atoms with Crippen molar-refractivity contribution in [2.75, 3.05) is 22.7 Å². The van der Waals surface area contributed by atoms with E-state index in [-0.39, 0.29) is 11.9 Å².